The first-order valence-corrected chi connectivity index (χ1v) is 8.01. The van der Waals surface area contributed by atoms with E-state index in [4.69, 9.17) is 18.0 Å². The van der Waals surface area contributed by atoms with Gasteiger partial charge in [0.25, 0.3) is 0 Å². The number of nitrogens with two attached hydrogens (primary N) is 1. The molecule has 2 heterocycles. The van der Waals surface area contributed by atoms with Crippen molar-refractivity contribution < 1.29 is 4.79 Å². The topological polar surface area (TPSA) is 62.5 Å². The van der Waals surface area contributed by atoms with Gasteiger partial charge in [0.15, 0.2) is 5.13 Å². The Balaban J connectivity index is 2.00. The molecule has 2 N–H and O–H groups in total. The lowest BCUT2D eigenvalue weighted by molar-refractivity contribution is -0.138. The van der Waals surface area contributed by atoms with E-state index < -0.39 is 5.41 Å². The molecule has 1 atom stereocenters. The van der Waals surface area contributed by atoms with Gasteiger partial charge in [-0.15, -0.1) is 11.3 Å². The molecule has 1 unspecified atom stereocenters. The van der Waals surface area contributed by atoms with Gasteiger partial charge in [0.1, 0.15) is 0 Å². The number of thiazole rings is 1. The molecular weight excluding hydrogens is 292 g/mol. The molecular formula is C13H20N4OS2. The number of thiocarbonyl (C=S) groups is 1. The van der Waals surface area contributed by atoms with E-state index in [2.05, 4.69) is 9.88 Å². The highest BCUT2D eigenvalue weighted by atomic mass is 32.1. The number of nitrogens with zero attached hydrogens (tertiary/aromatic N) is 3. The van der Waals surface area contributed by atoms with Crippen LogP contribution in [0.1, 0.15) is 20.3 Å². The number of hydrogen-bond acceptors (Lipinski definition) is 5. The Morgan fingerprint density at radius 1 is 1.50 bits per heavy atom. The van der Waals surface area contributed by atoms with Crippen LogP contribution in [0.4, 0.5) is 5.13 Å². The molecule has 0 aromatic carbocycles. The average molecular weight is 312 g/mol. The summed E-state index contributed by atoms with van der Waals surface area (Å²) in [4.78, 5) is 21.3. The molecule has 0 saturated carbocycles. The average Bonchev–Trinajstić information content (AvgIpc) is 2.99. The van der Waals surface area contributed by atoms with E-state index in [1.807, 2.05) is 24.1 Å². The highest BCUT2D eigenvalue weighted by molar-refractivity contribution is 7.80. The van der Waals surface area contributed by atoms with Gasteiger partial charge in [-0.1, -0.05) is 19.1 Å². The number of anilines is 1. The van der Waals surface area contributed by atoms with Crippen molar-refractivity contribution in [3.05, 3.63) is 11.6 Å². The summed E-state index contributed by atoms with van der Waals surface area (Å²) in [6.07, 6.45) is 2.44. The van der Waals surface area contributed by atoms with Crippen molar-refractivity contribution in [2.45, 2.75) is 20.3 Å². The molecule has 5 nitrogen and oxygen atoms in total. The van der Waals surface area contributed by atoms with Crippen molar-refractivity contribution in [1.82, 2.24) is 9.88 Å². The molecule has 1 aromatic rings. The van der Waals surface area contributed by atoms with E-state index >= 15 is 0 Å². The Morgan fingerprint density at radius 2 is 2.15 bits per heavy atom. The second-order valence-corrected chi connectivity index (χ2v) is 6.46. The number of hydrogen-bond donors (Lipinski definition) is 1. The molecule has 7 heteroatoms. The Hall–Kier alpha value is -1.21. The second kappa shape index (κ2) is 6.05. The second-order valence-electron chi connectivity index (χ2n) is 5.14. The number of carbonyl (C=O) groups excluding carboxylic acids is 1. The van der Waals surface area contributed by atoms with Crippen LogP contribution >= 0.6 is 23.6 Å². The van der Waals surface area contributed by atoms with Crippen LogP contribution in [-0.4, -0.2) is 47.0 Å². The largest absolute Gasteiger partial charge is 0.392 e. The molecule has 0 bridgehead atoms. The van der Waals surface area contributed by atoms with Crippen molar-refractivity contribution in [2.24, 2.45) is 11.1 Å². The number of amides is 1. The molecule has 1 aliphatic rings. The first kappa shape index (κ1) is 15.2. The fraction of sp³-hybridized carbons (Fsp3) is 0.615. The van der Waals surface area contributed by atoms with Crippen LogP contribution in [0.15, 0.2) is 11.6 Å². The maximum Gasteiger partial charge on any atom is 0.235 e. The minimum Gasteiger partial charge on any atom is -0.392 e. The molecule has 2 rings (SSSR count). The first-order valence-electron chi connectivity index (χ1n) is 6.72. The van der Waals surface area contributed by atoms with Crippen LogP contribution in [0.5, 0.6) is 0 Å². The van der Waals surface area contributed by atoms with E-state index in [0.717, 1.165) is 18.2 Å². The third-order valence-corrected chi connectivity index (χ3v) is 5.26. The number of piperazine rings is 1. The molecule has 20 heavy (non-hydrogen) atoms. The molecule has 0 aliphatic carbocycles. The fourth-order valence-corrected chi connectivity index (χ4v) is 3.18. The zero-order valence-electron chi connectivity index (χ0n) is 11.8. The Bertz CT molecular complexity index is 483. The molecule has 0 spiro atoms. The van der Waals surface area contributed by atoms with E-state index in [-0.39, 0.29) is 10.9 Å². The van der Waals surface area contributed by atoms with E-state index in [9.17, 15) is 4.79 Å². The first-order chi connectivity index (χ1) is 9.49. The molecule has 1 aliphatic heterocycles. The molecule has 1 aromatic heterocycles. The number of aromatic nitrogens is 1. The quantitative estimate of drug-likeness (QED) is 0.854. The summed E-state index contributed by atoms with van der Waals surface area (Å²) in [5.41, 5.74) is 5.04. The third kappa shape index (κ3) is 2.78. The summed E-state index contributed by atoms with van der Waals surface area (Å²) < 4.78 is 0. The van der Waals surface area contributed by atoms with Gasteiger partial charge in [-0.2, -0.15) is 0 Å². The number of carbonyl (C=O) groups is 1. The van der Waals surface area contributed by atoms with Crippen molar-refractivity contribution in [3.8, 4) is 0 Å². The van der Waals surface area contributed by atoms with Gasteiger partial charge in [-0.25, -0.2) is 4.98 Å². The van der Waals surface area contributed by atoms with E-state index in [0.29, 0.717) is 19.5 Å². The van der Waals surface area contributed by atoms with Crippen LogP contribution in [0, 0.1) is 5.41 Å². The monoisotopic (exact) mass is 312 g/mol. The van der Waals surface area contributed by atoms with E-state index in [1.165, 1.54) is 0 Å². The maximum atomic E-state index is 12.6. The predicted molar refractivity (Wildman–Crippen MR) is 86.1 cm³/mol. The van der Waals surface area contributed by atoms with E-state index in [1.54, 1.807) is 17.5 Å². The van der Waals surface area contributed by atoms with Gasteiger partial charge >= 0.3 is 0 Å². The van der Waals surface area contributed by atoms with Crippen molar-refractivity contribution in [1.29, 1.82) is 0 Å². The predicted octanol–water partition coefficient (Wildman–Crippen LogP) is 1.49. The van der Waals surface area contributed by atoms with Gasteiger partial charge in [-0.3, -0.25) is 4.79 Å². The van der Waals surface area contributed by atoms with Gasteiger partial charge in [-0.05, 0) is 13.3 Å². The normalized spacial score (nSPS) is 18.7. The van der Waals surface area contributed by atoms with Crippen LogP contribution in [-0.2, 0) is 4.79 Å². The summed E-state index contributed by atoms with van der Waals surface area (Å²) in [6, 6.07) is 0. The van der Waals surface area contributed by atoms with Crippen LogP contribution in [0.25, 0.3) is 0 Å². The highest BCUT2D eigenvalue weighted by Crippen LogP contribution is 2.26. The summed E-state index contributed by atoms with van der Waals surface area (Å²) in [5, 5.41) is 2.98. The van der Waals surface area contributed by atoms with Gasteiger partial charge in [0.05, 0.1) is 10.4 Å². The lowest BCUT2D eigenvalue weighted by Gasteiger charge is -2.39. The van der Waals surface area contributed by atoms with Crippen LogP contribution < -0.4 is 10.6 Å². The van der Waals surface area contributed by atoms with Gasteiger partial charge in [0.2, 0.25) is 5.91 Å². The molecule has 110 valence electrons. The molecule has 1 amide bonds. The maximum absolute atomic E-state index is 12.6. The standard InChI is InChI=1S/C13H20N4OS2/c1-3-13(2,10(14)19)11(18)16-5-7-17(8-6-16)12-15-4-9-20-12/h4,9H,3,5-8H2,1-2H3,(H2,14,19). The van der Waals surface area contributed by atoms with Gasteiger partial charge < -0.3 is 15.5 Å². The summed E-state index contributed by atoms with van der Waals surface area (Å²) in [7, 11) is 0. The summed E-state index contributed by atoms with van der Waals surface area (Å²) in [5.74, 6) is 0.0475. The van der Waals surface area contributed by atoms with Crippen LogP contribution in [0.3, 0.4) is 0 Å². The van der Waals surface area contributed by atoms with Crippen LogP contribution in [0.2, 0.25) is 0 Å². The molecule has 1 saturated heterocycles. The highest BCUT2D eigenvalue weighted by Gasteiger charge is 2.38. The SMILES string of the molecule is CCC(C)(C(=O)N1CCN(c2nccs2)CC1)C(N)=S. The Labute approximate surface area is 128 Å². The zero-order valence-corrected chi connectivity index (χ0v) is 13.5. The molecule has 1 fully saturated rings. The number of rotatable bonds is 4. The van der Waals surface area contributed by atoms with Gasteiger partial charge in [0, 0.05) is 37.8 Å². The Kier molecular flexibility index (Phi) is 4.59. The lowest BCUT2D eigenvalue weighted by atomic mass is 9.85. The minimum absolute atomic E-state index is 0.0475. The summed E-state index contributed by atoms with van der Waals surface area (Å²) in [6.45, 7) is 6.77. The lowest BCUT2D eigenvalue weighted by Crippen LogP contribution is -2.55. The summed E-state index contributed by atoms with van der Waals surface area (Å²) >= 11 is 6.70. The fourth-order valence-electron chi connectivity index (χ4n) is 2.25. The van der Waals surface area contributed by atoms with Crippen molar-refractivity contribution >= 4 is 39.6 Å². The third-order valence-electron chi connectivity index (χ3n) is 3.98. The minimum atomic E-state index is -0.724. The Morgan fingerprint density at radius 3 is 2.60 bits per heavy atom. The molecule has 0 radical (unpaired) electrons. The van der Waals surface area contributed by atoms with Crippen molar-refractivity contribution in [3.63, 3.8) is 0 Å². The van der Waals surface area contributed by atoms with Crippen molar-refractivity contribution in [2.75, 3.05) is 31.1 Å². The smallest absolute Gasteiger partial charge is 0.235 e. The zero-order chi connectivity index (χ0) is 14.8.